The topological polar surface area (TPSA) is 62.0 Å². The van der Waals surface area contributed by atoms with Gasteiger partial charge in [0.15, 0.2) is 0 Å². The van der Waals surface area contributed by atoms with Gasteiger partial charge in [0.05, 0.1) is 26.4 Å². The molecule has 0 radical (unpaired) electrons. The predicted molar refractivity (Wildman–Crippen MR) is 59.7 cm³/mol. The maximum Gasteiger partial charge on any atom is 0.279 e. The van der Waals surface area contributed by atoms with E-state index in [-0.39, 0.29) is 0 Å². The quantitative estimate of drug-likeness (QED) is 0.481. The molecule has 2 rings (SSSR count). The van der Waals surface area contributed by atoms with Gasteiger partial charge in [-0.15, -0.1) is 0 Å². The van der Waals surface area contributed by atoms with Crippen molar-refractivity contribution in [2.45, 2.75) is 25.1 Å². The molecule has 0 spiro atoms. The van der Waals surface area contributed by atoms with E-state index in [0.717, 1.165) is 26.4 Å². The third kappa shape index (κ3) is 6.92. The summed E-state index contributed by atoms with van der Waals surface area (Å²) in [4.78, 5) is 0. The van der Waals surface area contributed by atoms with Crippen LogP contribution in [-0.4, -0.2) is 65.9 Å². The molecular formula is C11H22O6. The third-order valence-corrected chi connectivity index (χ3v) is 2.52. The molecule has 2 fully saturated rings. The molecule has 2 heterocycles. The molecular weight excluding hydrogens is 228 g/mol. The van der Waals surface area contributed by atoms with Crippen LogP contribution in [-0.2, 0) is 28.4 Å². The van der Waals surface area contributed by atoms with Crippen LogP contribution in [0.2, 0.25) is 0 Å². The average molecular weight is 250 g/mol. The van der Waals surface area contributed by atoms with Gasteiger partial charge < -0.3 is 28.4 Å². The zero-order valence-corrected chi connectivity index (χ0v) is 10.9. The van der Waals surface area contributed by atoms with Crippen molar-refractivity contribution in [3.63, 3.8) is 0 Å². The molecule has 0 N–H and O–H groups in total. The first-order chi connectivity index (χ1) is 8.13. The number of epoxide rings is 2. The summed E-state index contributed by atoms with van der Waals surface area (Å²) in [5.41, 5.74) is 0. The summed E-state index contributed by atoms with van der Waals surface area (Å²) >= 11 is 0. The van der Waals surface area contributed by atoms with Crippen LogP contribution in [0.1, 0.15) is 6.92 Å². The molecule has 0 aromatic rings. The number of rotatable bonds is 7. The lowest BCUT2D eigenvalue weighted by atomic mass is 10.5. The monoisotopic (exact) mass is 250 g/mol. The summed E-state index contributed by atoms with van der Waals surface area (Å²) in [5, 5.41) is 0. The first kappa shape index (κ1) is 14.8. The third-order valence-electron chi connectivity index (χ3n) is 2.52. The number of hydrogen-bond acceptors (Lipinski definition) is 6. The van der Waals surface area contributed by atoms with Crippen molar-refractivity contribution in [2.75, 3.05) is 47.8 Å². The summed E-state index contributed by atoms with van der Waals surface area (Å²) in [6.45, 7) is 4.95. The zero-order chi connectivity index (χ0) is 12.7. The molecule has 102 valence electrons. The van der Waals surface area contributed by atoms with Crippen molar-refractivity contribution in [2.24, 2.45) is 0 Å². The second-order valence-electron chi connectivity index (χ2n) is 3.92. The van der Waals surface area contributed by atoms with E-state index in [1.54, 1.807) is 6.92 Å². The normalized spacial score (nSPS) is 26.1. The average Bonchev–Trinajstić information content (AvgIpc) is 3.23. The smallest absolute Gasteiger partial charge is 0.279 e. The van der Waals surface area contributed by atoms with Crippen LogP contribution < -0.4 is 0 Å². The number of ether oxygens (including phenoxy) is 6. The van der Waals surface area contributed by atoms with Gasteiger partial charge in [-0.05, 0) is 0 Å². The van der Waals surface area contributed by atoms with E-state index in [0.29, 0.717) is 12.2 Å². The Morgan fingerprint density at radius 3 is 1.47 bits per heavy atom. The first-order valence-electron chi connectivity index (χ1n) is 5.60. The van der Waals surface area contributed by atoms with Gasteiger partial charge in [0.1, 0.15) is 12.2 Å². The van der Waals surface area contributed by atoms with Gasteiger partial charge in [-0.1, -0.05) is 0 Å². The van der Waals surface area contributed by atoms with E-state index in [1.807, 2.05) is 0 Å². The molecule has 6 nitrogen and oxygen atoms in total. The van der Waals surface area contributed by atoms with Crippen LogP contribution in [0.5, 0.6) is 0 Å². The van der Waals surface area contributed by atoms with Gasteiger partial charge in [-0.3, -0.25) is 0 Å². The molecule has 0 saturated carbocycles. The summed E-state index contributed by atoms with van der Waals surface area (Å²) < 4.78 is 29.5. The minimum absolute atomic E-state index is 0.392. The summed E-state index contributed by atoms with van der Waals surface area (Å²) in [7, 11) is 4.56. The second-order valence-corrected chi connectivity index (χ2v) is 3.92. The van der Waals surface area contributed by atoms with Gasteiger partial charge in [0, 0.05) is 28.3 Å². The fraction of sp³-hybridized carbons (Fsp3) is 1.00. The maximum absolute atomic E-state index is 5.23. The molecule has 0 amide bonds. The highest BCUT2D eigenvalue weighted by Gasteiger charge is 2.26. The summed E-state index contributed by atoms with van der Waals surface area (Å²) in [6, 6.07) is 0. The van der Waals surface area contributed by atoms with E-state index < -0.39 is 5.97 Å². The Balaban J connectivity index is 0.000000172. The molecule has 2 aliphatic heterocycles. The van der Waals surface area contributed by atoms with E-state index in [4.69, 9.17) is 28.4 Å². The predicted octanol–water partition coefficient (Wildman–Crippen LogP) is 0.400. The Labute approximate surface area is 102 Å². The second kappa shape index (κ2) is 7.25. The van der Waals surface area contributed by atoms with Crippen LogP contribution in [0, 0.1) is 0 Å². The molecule has 0 aromatic heterocycles. The Kier molecular flexibility index (Phi) is 6.32. The van der Waals surface area contributed by atoms with Crippen LogP contribution in [0.3, 0.4) is 0 Å². The summed E-state index contributed by atoms with van der Waals surface area (Å²) in [6.07, 6.45) is 0.785. The fourth-order valence-corrected chi connectivity index (χ4v) is 0.909. The van der Waals surface area contributed by atoms with Crippen LogP contribution in [0.15, 0.2) is 0 Å². The van der Waals surface area contributed by atoms with Gasteiger partial charge in [0.2, 0.25) is 0 Å². The molecule has 2 aliphatic rings. The van der Waals surface area contributed by atoms with Crippen molar-refractivity contribution in [1.29, 1.82) is 0 Å². The van der Waals surface area contributed by atoms with Crippen LogP contribution in [0.25, 0.3) is 0 Å². The van der Waals surface area contributed by atoms with Crippen molar-refractivity contribution in [3.05, 3.63) is 0 Å². The minimum Gasteiger partial charge on any atom is -0.376 e. The van der Waals surface area contributed by atoms with Crippen molar-refractivity contribution in [3.8, 4) is 0 Å². The molecule has 0 bridgehead atoms. The Hall–Kier alpha value is -0.240. The van der Waals surface area contributed by atoms with Gasteiger partial charge in [-0.2, -0.15) is 0 Å². The molecule has 2 atom stereocenters. The van der Waals surface area contributed by atoms with Crippen LogP contribution >= 0.6 is 0 Å². The Bertz CT molecular complexity index is 178. The van der Waals surface area contributed by atoms with Crippen LogP contribution in [0.4, 0.5) is 0 Å². The first-order valence-corrected chi connectivity index (χ1v) is 5.60. The Morgan fingerprint density at radius 2 is 1.29 bits per heavy atom. The zero-order valence-electron chi connectivity index (χ0n) is 10.9. The molecule has 0 aliphatic carbocycles. The molecule has 2 saturated heterocycles. The van der Waals surface area contributed by atoms with Gasteiger partial charge in [-0.25, -0.2) is 0 Å². The molecule has 0 aromatic carbocycles. The SMILES string of the molecule is C(OCC1CO1)C1CO1.COC(C)(OC)OC. The fourth-order valence-electron chi connectivity index (χ4n) is 0.909. The lowest BCUT2D eigenvalue weighted by molar-refractivity contribution is -0.340. The number of methoxy groups -OCH3 is 3. The van der Waals surface area contributed by atoms with Crippen molar-refractivity contribution >= 4 is 0 Å². The van der Waals surface area contributed by atoms with Crippen molar-refractivity contribution < 1.29 is 28.4 Å². The molecule has 17 heavy (non-hydrogen) atoms. The summed E-state index contributed by atoms with van der Waals surface area (Å²) in [5.74, 6) is -0.875. The van der Waals surface area contributed by atoms with E-state index >= 15 is 0 Å². The lowest BCUT2D eigenvalue weighted by Gasteiger charge is -2.23. The molecule has 6 heteroatoms. The lowest BCUT2D eigenvalue weighted by Crippen LogP contribution is -2.31. The van der Waals surface area contributed by atoms with Gasteiger partial charge in [0.25, 0.3) is 5.97 Å². The van der Waals surface area contributed by atoms with E-state index in [2.05, 4.69) is 0 Å². The van der Waals surface area contributed by atoms with E-state index in [1.165, 1.54) is 21.3 Å². The standard InChI is InChI=1S/C6H10O3.C5H12O3/c1(5-3-8-5)7-2-6-4-9-6;1-5(6-2,7-3)8-4/h5-6H,1-4H2;1-4H3. The highest BCUT2D eigenvalue weighted by molar-refractivity contribution is 4.71. The highest BCUT2D eigenvalue weighted by Crippen LogP contribution is 2.12. The van der Waals surface area contributed by atoms with Crippen molar-refractivity contribution in [1.82, 2.24) is 0 Å². The Morgan fingerprint density at radius 1 is 0.941 bits per heavy atom. The maximum atomic E-state index is 5.23. The minimum atomic E-state index is -0.875. The number of hydrogen-bond donors (Lipinski definition) is 0. The van der Waals surface area contributed by atoms with E-state index in [9.17, 15) is 0 Å². The molecule has 2 unspecified atom stereocenters. The highest BCUT2D eigenvalue weighted by atomic mass is 16.9. The van der Waals surface area contributed by atoms with Gasteiger partial charge >= 0.3 is 0 Å². The largest absolute Gasteiger partial charge is 0.376 e.